The van der Waals surface area contributed by atoms with Crippen LogP contribution in [0, 0.1) is 17.0 Å². The molecule has 0 aliphatic heterocycles. The Bertz CT molecular complexity index is 801. The minimum absolute atomic E-state index is 0.0684. The molecular weight excluding hydrogens is 328 g/mol. The van der Waals surface area contributed by atoms with Crippen LogP contribution >= 0.6 is 0 Å². The van der Waals surface area contributed by atoms with E-state index in [1.54, 1.807) is 31.2 Å². The molecule has 0 unspecified atom stereocenters. The van der Waals surface area contributed by atoms with Gasteiger partial charge in [-0.3, -0.25) is 14.9 Å². The average molecular weight is 344 g/mol. The van der Waals surface area contributed by atoms with Crippen LogP contribution in [0.2, 0.25) is 0 Å². The van der Waals surface area contributed by atoms with E-state index in [2.05, 4.69) is 10.1 Å². The number of aryl methyl sites for hydroxylation is 1. The van der Waals surface area contributed by atoms with Crippen LogP contribution in [0.25, 0.3) is 0 Å². The number of benzene rings is 2. The van der Waals surface area contributed by atoms with Gasteiger partial charge >= 0.3 is 5.97 Å². The summed E-state index contributed by atoms with van der Waals surface area (Å²) in [6.07, 6.45) is 0. The number of hydrogen-bond acceptors (Lipinski definition) is 6. The monoisotopic (exact) mass is 344 g/mol. The van der Waals surface area contributed by atoms with Gasteiger partial charge in [-0.2, -0.15) is 0 Å². The Morgan fingerprint density at radius 3 is 2.40 bits per heavy atom. The van der Waals surface area contributed by atoms with Crippen LogP contribution in [0.15, 0.2) is 42.5 Å². The number of methoxy groups -OCH3 is 1. The summed E-state index contributed by atoms with van der Waals surface area (Å²) in [7, 11) is 1.27. The number of nitro groups is 1. The fourth-order valence-electron chi connectivity index (χ4n) is 2.05. The minimum atomic E-state index is -0.512. The van der Waals surface area contributed by atoms with Crippen molar-refractivity contribution in [2.24, 2.45) is 0 Å². The predicted octanol–water partition coefficient (Wildman–Crippen LogP) is 2.71. The zero-order valence-corrected chi connectivity index (χ0v) is 13.6. The van der Waals surface area contributed by atoms with Gasteiger partial charge in [0.05, 0.1) is 12.0 Å². The third-order valence-corrected chi connectivity index (χ3v) is 3.36. The molecular formula is C17H16N2O6. The van der Waals surface area contributed by atoms with Crippen LogP contribution in [0.4, 0.5) is 11.4 Å². The zero-order chi connectivity index (χ0) is 18.4. The SMILES string of the molecule is COC(=O)COc1ccc(NC(=O)c2ccc([N+](=O)[O-])cc2C)cc1. The fourth-order valence-corrected chi connectivity index (χ4v) is 2.05. The second-order valence-corrected chi connectivity index (χ2v) is 5.10. The van der Waals surface area contributed by atoms with Crippen LogP contribution in [-0.4, -0.2) is 30.5 Å². The molecule has 0 atom stereocenters. The molecule has 2 rings (SSSR count). The lowest BCUT2D eigenvalue weighted by Crippen LogP contribution is -2.14. The highest BCUT2D eigenvalue weighted by Crippen LogP contribution is 2.20. The van der Waals surface area contributed by atoms with E-state index < -0.39 is 10.9 Å². The van der Waals surface area contributed by atoms with Crippen LogP contribution < -0.4 is 10.1 Å². The number of nitrogens with one attached hydrogen (secondary N) is 1. The lowest BCUT2D eigenvalue weighted by molar-refractivity contribution is -0.384. The van der Waals surface area contributed by atoms with E-state index in [1.807, 2.05) is 0 Å². The molecule has 2 aromatic carbocycles. The van der Waals surface area contributed by atoms with Crippen molar-refractivity contribution in [3.8, 4) is 5.75 Å². The number of ether oxygens (including phenoxy) is 2. The summed E-state index contributed by atoms with van der Waals surface area (Å²) < 4.78 is 9.68. The molecule has 25 heavy (non-hydrogen) atoms. The summed E-state index contributed by atoms with van der Waals surface area (Å²) in [5.74, 6) is -0.420. The van der Waals surface area contributed by atoms with Crippen LogP contribution in [0.5, 0.6) is 5.75 Å². The topological polar surface area (TPSA) is 108 Å². The molecule has 0 fully saturated rings. The molecule has 8 heteroatoms. The first-order valence-electron chi connectivity index (χ1n) is 7.27. The Labute approximate surface area is 143 Å². The van der Waals surface area contributed by atoms with Gasteiger partial charge in [0.2, 0.25) is 0 Å². The number of carbonyl (C=O) groups is 2. The second kappa shape index (κ2) is 7.91. The molecule has 1 amide bonds. The van der Waals surface area contributed by atoms with E-state index in [-0.39, 0.29) is 18.2 Å². The Kier molecular flexibility index (Phi) is 5.67. The molecule has 1 N–H and O–H groups in total. The van der Waals surface area contributed by atoms with Crippen molar-refractivity contribution < 1.29 is 24.0 Å². The summed E-state index contributed by atoms with van der Waals surface area (Å²) >= 11 is 0. The Morgan fingerprint density at radius 2 is 1.84 bits per heavy atom. The van der Waals surface area contributed by atoms with E-state index in [0.717, 1.165) is 0 Å². The van der Waals surface area contributed by atoms with Crippen molar-refractivity contribution in [2.45, 2.75) is 6.92 Å². The van der Waals surface area contributed by atoms with Crippen molar-refractivity contribution in [1.29, 1.82) is 0 Å². The summed E-state index contributed by atoms with van der Waals surface area (Å²) in [6.45, 7) is 1.43. The molecule has 0 bridgehead atoms. The summed E-state index contributed by atoms with van der Waals surface area (Å²) in [4.78, 5) is 33.5. The maximum atomic E-state index is 12.3. The van der Waals surface area contributed by atoms with Crippen LogP contribution in [0.3, 0.4) is 0 Å². The first-order valence-corrected chi connectivity index (χ1v) is 7.27. The third kappa shape index (κ3) is 4.77. The van der Waals surface area contributed by atoms with Gasteiger partial charge in [-0.15, -0.1) is 0 Å². The first-order chi connectivity index (χ1) is 11.9. The summed E-state index contributed by atoms with van der Waals surface area (Å²) in [5, 5.41) is 13.4. The summed E-state index contributed by atoms with van der Waals surface area (Å²) in [5.41, 5.74) is 1.30. The molecule has 0 aliphatic rings. The van der Waals surface area contributed by atoms with Gasteiger partial charge in [-0.25, -0.2) is 4.79 Å². The number of hydrogen-bond donors (Lipinski definition) is 1. The van der Waals surface area contributed by atoms with Crippen molar-refractivity contribution >= 4 is 23.3 Å². The minimum Gasteiger partial charge on any atom is -0.482 e. The lowest BCUT2D eigenvalue weighted by Gasteiger charge is -2.09. The Balaban J connectivity index is 2.03. The van der Waals surface area contributed by atoms with Crippen molar-refractivity contribution in [3.63, 3.8) is 0 Å². The van der Waals surface area contributed by atoms with Crippen molar-refractivity contribution in [3.05, 3.63) is 63.7 Å². The maximum Gasteiger partial charge on any atom is 0.343 e. The smallest absolute Gasteiger partial charge is 0.343 e. The molecule has 0 radical (unpaired) electrons. The van der Waals surface area contributed by atoms with E-state index in [0.29, 0.717) is 22.6 Å². The number of rotatable bonds is 6. The molecule has 0 saturated carbocycles. The Hall–Kier alpha value is -3.42. The van der Waals surface area contributed by atoms with Gasteiger partial charge < -0.3 is 14.8 Å². The highest BCUT2D eigenvalue weighted by atomic mass is 16.6. The standard InChI is InChI=1S/C17H16N2O6/c1-11-9-13(19(22)23)5-8-15(11)17(21)18-12-3-6-14(7-4-12)25-10-16(20)24-2/h3-9H,10H2,1-2H3,(H,18,21). The zero-order valence-electron chi connectivity index (χ0n) is 13.6. The second-order valence-electron chi connectivity index (χ2n) is 5.10. The Morgan fingerprint density at radius 1 is 1.16 bits per heavy atom. The fraction of sp³-hybridized carbons (Fsp3) is 0.176. The first kappa shape index (κ1) is 17.9. The van der Waals surface area contributed by atoms with E-state index in [9.17, 15) is 19.7 Å². The van der Waals surface area contributed by atoms with Crippen LogP contribution in [-0.2, 0) is 9.53 Å². The number of anilines is 1. The van der Waals surface area contributed by atoms with Gasteiger partial charge in [0.15, 0.2) is 6.61 Å². The number of nitro benzene ring substituents is 1. The average Bonchev–Trinajstić information content (AvgIpc) is 2.60. The third-order valence-electron chi connectivity index (χ3n) is 3.36. The molecule has 0 saturated heterocycles. The van der Waals surface area contributed by atoms with Gasteiger partial charge in [-0.05, 0) is 42.8 Å². The summed E-state index contributed by atoms with van der Waals surface area (Å²) in [6, 6.07) is 10.5. The number of non-ortho nitro benzene ring substituents is 1. The molecule has 0 aliphatic carbocycles. The largest absolute Gasteiger partial charge is 0.482 e. The number of amides is 1. The molecule has 0 spiro atoms. The van der Waals surface area contributed by atoms with Gasteiger partial charge in [0, 0.05) is 23.4 Å². The van der Waals surface area contributed by atoms with Gasteiger partial charge in [0.25, 0.3) is 11.6 Å². The number of carbonyl (C=O) groups excluding carboxylic acids is 2. The predicted molar refractivity (Wildman–Crippen MR) is 89.7 cm³/mol. The molecule has 130 valence electrons. The van der Waals surface area contributed by atoms with Gasteiger partial charge in [0.1, 0.15) is 5.75 Å². The molecule has 0 heterocycles. The van der Waals surface area contributed by atoms with Crippen molar-refractivity contribution in [2.75, 3.05) is 19.0 Å². The highest BCUT2D eigenvalue weighted by Gasteiger charge is 2.13. The van der Waals surface area contributed by atoms with E-state index in [4.69, 9.17) is 4.74 Å². The van der Waals surface area contributed by atoms with Crippen molar-refractivity contribution in [1.82, 2.24) is 0 Å². The lowest BCUT2D eigenvalue weighted by atomic mass is 10.1. The molecule has 0 aromatic heterocycles. The van der Waals surface area contributed by atoms with E-state index in [1.165, 1.54) is 25.3 Å². The molecule has 2 aromatic rings. The maximum absolute atomic E-state index is 12.3. The van der Waals surface area contributed by atoms with Gasteiger partial charge in [-0.1, -0.05) is 0 Å². The normalized spacial score (nSPS) is 10.0. The highest BCUT2D eigenvalue weighted by molar-refractivity contribution is 6.05. The quantitative estimate of drug-likeness (QED) is 0.490. The van der Waals surface area contributed by atoms with Crippen LogP contribution in [0.1, 0.15) is 15.9 Å². The molecule has 8 nitrogen and oxygen atoms in total. The number of esters is 1. The number of nitrogens with zero attached hydrogens (tertiary/aromatic N) is 1. The van der Waals surface area contributed by atoms with E-state index >= 15 is 0 Å².